The van der Waals surface area contributed by atoms with Crippen molar-refractivity contribution < 1.29 is 14.3 Å². The molecule has 0 saturated heterocycles. The zero-order valence-corrected chi connectivity index (χ0v) is 12.7. The zero-order chi connectivity index (χ0) is 16.5. The molecule has 1 aliphatic carbocycles. The fourth-order valence-electron chi connectivity index (χ4n) is 2.89. The van der Waals surface area contributed by atoms with E-state index in [4.69, 9.17) is 4.74 Å². The molecule has 1 aliphatic heterocycles. The van der Waals surface area contributed by atoms with Crippen molar-refractivity contribution >= 4 is 17.8 Å². The van der Waals surface area contributed by atoms with Gasteiger partial charge in [-0.25, -0.2) is 9.48 Å². The van der Waals surface area contributed by atoms with Crippen molar-refractivity contribution in [2.24, 2.45) is 5.92 Å². The van der Waals surface area contributed by atoms with Gasteiger partial charge in [0.25, 0.3) is 0 Å². The molecule has 0 unspecified atom stereocenters. The standard InChI is InChI=1S/C19H14N2O3/c22-12-14-11-21(15-7-2-1-3-8-15)20-18(14)16-10-13-6-4-5-9-17(13)24-19(16)23/h1-13,17H/t13-,17+/m0/s1. The minimum absolute atomic E-state index is 0.0379. The molecule has 0 fully saturated rings. The second kappa shape index (κ2) is 5.77. The number of ether oxygens (including phenoxy) is 1. The molecule has 2 aliphatic rings. The molecule has 4 rings (SSSR count). The first kappa shape index (κ1) is 14.4. The molecule has 0 N–H and O–H groups in total. The van der Waals surface area contributed by atoms with Crippen molar-refractivity contribution in [1.29, 1.82) is 0 Å². The van der Waals surface area contributed by atoms with Crippen LogP contribution in [0.1, 0.15) is 16.1 Å². The zero-order valence-electron chi connectivity index (χ0n) is 12.7. The number of fused-ring (bicyclic) bond motifs is 1. The number of aromatic nitrogens is 2. The molecule has 0 spiro atoms. The summed E-state index contributed by atoms with van der Waals surface area (Å²) in [7, 11) is 0. The summed E-state index contributed by atoms with van der Waals surface area (Å²) in [5.74, 6) is -0.498. The second-order valence-corrected chi connectivity index (χ2v) is 5.63. The monoisotopic (exact) mass is 318 g/mol. The Hall–Kier alpha value is -3.21. The van der Waals surface area contributed by atoms with Gasteiger partial charge in [-0.2, -0.15) is 5.10 Å². The number of para-hydroxylation sites is 1. The van der Waals surface area contributed by atoms with Gasteiger partial charge in [-0.05, 0) is 18.2 Å². The SMILES string of the molecule is O=Cc1cn(-c2ccccc2)nc1C1=C[C@@H]2C=CC=C[C@H]2OC1=O. The van der Waals surface area contributed by atoms with Crippen LogP contribution in [0.2, 0.25) is 0 Å². The topological polar surface area (TPSA) is 61.2 Å². The predicted molar refractivity (Wildman–Crippen MR) is 88.6 cm³/mol. The van der Waals surface area contributed by atoms with Crippen molar-refractivity contribution in [3.05, 3.63) is 78.2 Å². The first-order valence-electron chi connectivity index (χ1n) is 7.65. The molecule has 5 nitrogen and oxygen atoms in total. The lowest BCUT2D eigenvalue weighted by Crippen LogP contribution is -2.30. The summed E-state index contributed by atoms with van der Waals surface area (Å²) < 4.78 is 7.05. The summed E-state index contributed by atoms with van der Waals surface area (Å²) >= 11 is 0. The molecule has 24 heavy (non-hydrogen) atoms. The van der Waals surface area contributed by atoms with Gasteiger partial charge in [0.15, 0.2) is 6.29 Å². The van der Waals surface area contributed by atoms with Gasteiger partial charge in [-0.3, -0.25) is 4.79 Å². The van der Waals surface area contributed by atoms with Crippen molar-refractivity contribution in [2.75, 3.05) is 0 Å². The Bertz CT molecular complexity index is 891. The van der Waals surface area contributed by atoms with Crippen molar-refractivity contribution in [3.8, 4) is 5.69 Å². The molecule has 0 bridgehead atoms. The molecule has 0 amide bonds. The fraction of sp³-hybridized carbons (Fsp3) is 0.105. The van der Waals surface area contributed by atoms with Crippen molar-refractivity contribution in [3.63, 3.8) is 0 Å². The smallest absolute Gasteiger partial charge is 0.340 e. The summed E-state index contributed by atoms with van der Waals surface area (Å²) in [6, 6.07) is 9.43. The number of hydrogen-bond acceptors (Lipinski definition) is 4. The molecule has 2 aromatic rings. The third-order valence-corrected chi connectivity index (χ3v) is 4.09. The average Bonchev–Trinajstić information content (AvgIpc) is 3.06. The Morgan fingerprint density at radius 1 is 1.12 bits per heavy atom. The van der Waals surface area contributed by atoms with Crippen LogP contribution in [0.15, 0.2) is 66.9 Å². The number of benzene rings is 1. The van der Waals surface area contributed by atoms with E-state index in [1.807, 2.05) is 60.7 Å². The van der Waals surface area contributed by atoms with Crippen LogP contribution < -0.4 is 0 Å². The number of carbonyl (C=O) groups excluding carboxylic acids is 2. The van der Waals surface area contributed by atoms with Gasteiger partial charge in [0.1, 0.15) is 11.8 Å². The highest BCUT2D eigenvalue weighted by Gasteiger charge is 2.32. The maximum absolute atomic E-state index is 12.3. The molecule has 1 aromatic carbocycles. The maximum Gasteiger partial charge on any atom is 0.340 e. The normalized spacial score (nSPS) is 21.8. The Morgan fingerprint density at radius 2 is 1.92 bits per heavy atom. The highest BCUT2D eigenvalue weighted by atomic mass is 16.5. The quantitative estimate of drug-likeness (QED) is 0.645. The third-order valence-electron chi connectivity index (χ3n) is 4.09. The molecule has 0 saturated carbocycles. The number of esters is 1. The lowest BCUT2D eigenvalue weighted by Gasteiger charge is -2.27. The van der Waals surface area contributed by atoms with Gasteiger partial charge in [-0.1, -0.05) is 42.5 Å². The van der Waals surface area contributed by atoms with E-state index < -0.39 is 5.97 Å². The van der Waals surface area contributed by atoms with Gasteiger partial charge in [0, 0.05) is 12.1 Å². The minimum atomic E-state index is -0.461. The molecule has 2 heterocycles. The van der Waals surface area contributed by atoms with E-state index in [1.165, 1.54) is 0 Å². The lowest BCUT2D eigenvalue weighted by molar-refractivity contribution is -0.141. The largest absolute Gasteiger partial charge is 0.454 e. The number of allylic oxidation sites excluding steroid dienone is 2. The predicted octanol–water partition coefficient (Wildman–Crippen LogP) is 2.74. The number of carbonyl (C=O) groups is 2. The van der Waals surface area contributed by atoms with E-state index in [9.17, 15) is 9.59 Å². The number of aldehydes is 1. The van der Waals surface area contributed by atoms with E-state index in [0.29, 0.717) is 23.1 Å². The van der Waals surface area contributed by atoms with Gasteiger partial charge in [0.2, 0.25) is 0 Å². The van der Waals surface area contributed by atoms with Crippen molar-refractivity contribution in [2.45, 2.75) is 6.10 Å². The first-order valence-corrected chi connectivity index (χ1v) is 7.65. The summed E-state index contributed by atoms with van der Waals surface area (Å²) in [5, 5.41) is 4.44. The van der Waals surface area contributed by atoms with E-state index in [-0.39, 0.29) is 12.0 Å². The molecule has 0 radical (unpaired) electrons. The number of rotatable bonds is 3. The molecule has 2 atom stereocenters. The van der Waals surface area contributed by atoms with Gasteiger partial charge in [-0.15, -0.1) is 0 Å². The van der Waals surface area contributed by atoms with Crippen LogP contribution in [-0.4, -0.2) is 28.1 Å². The second-order valence-electron chi connectivity index (χ2n) is 5.63. The fourth-order valence-corrected chi connectivity index (χ4v) is 2.89. The van der Waals surface area contributed by atoms with E-state index in [1.54, 1.807) is 10.9 Å². The van der Waals surface area contributed by atoms with E-state index in [0.717, 1.165) is 5.69 Å². The van der Waals surface area contributed by atoms with Crippen LogP contribution in [0.5, 0.6) is 0 Å². The molecular weight excluding hydrogens is 304 g/mol. The molecule has 1 aromatic heterocycles. The van der Waals surface area contributed by atoms with Gasteiger partial charge in [0.05, 0.1) is 16.8 Å². The van der Waals surface area contributed by atoms with Gasteiger partial charge < -0.3 is 4.74 Å². The van der Waals surface area contributed by atoms with Crippen LogP contribution in [0.25, 0.3) is 11.3 Å². The highest BCUT2D eigenvalue weighted by Crippen LogP contribution is 2.31. The van der Waals surface area contributed by atoms with Crippen LogP contribution in [0, 0.1) is 5.92 Å². The molecule has 118 valence electrons. The van der Waals surface area contributed by atoms with E-state index >= 15 is 0 Å². The average molecular weight is 318 g/mol. The van der Waals surface area contributed by atoms with E-state index in [2.05, 4.69) is 5.10 Å². The minimum Gasteiger partial charge on any atom is -0.454 e. The maximum atomic E-state index is 12.3. The Balaban J connectivity index is 1.79. The lowest BCUT2D eigenvalue weighted by atomic mass is 9.91. The summed E-state index contributed by atoms with van der Waals surface area (Å²) in [6.45, 7) is 0. The summed E-state index contributed by atoms with van der Waals surface area (Å²) in [5.41, 5.74) is 1.85. The summed E-state index contributed by atoms with van der Waals surface area (Å²) in [6.07, 6.45) is 11.4. The van der Waals surface area contributed by atoms with Crippen LogP contribution in [-0.2, 0) is 9.53 Å². The van der Waals surface area contributed by atoms with Crippen LogP contribution >= 0.6 is 0 Å². The van der Waals surface area contributed by atoms with Crippen LogP contribution in [0.3, 0.4) is 0 Å². The Morgan fingerprint density at radius 3 is 2.71 bits per heavy atom. The number of nitrogens with zero attached hydrogens (tertiary/aromatic N) is 2. The Labute approximate surface area is 138 Å². The first-order chi connectivity index (χ1) is 11.8. The molecular formula is C19H14N2O3. The van der Waals surface area contributed by atoms with Gasteiger partial charge >= 0.3 is 5.97 Å². The third kappa shape index (κ3) is 2.40. The summed E-state index contributed by atoms with van der Waals surface area (Å²) in [4.78, 5) is 23.8. The number of hydrogen-bond donors (Lipinski definition) is 0. The highest BCUT2D eigenvalue weighted by molar-refractivity contribution is 6.18. The van der Waals surface area contributed by atoms with Crippen molar-refractivity contribution in [1.82, 2.24) is 9.78 Å². The molecule has 5 heteroatoms. The van der Waals surface area contributed by atoms with Crippen LogP contribution in [0.4, 0.5) is 0 Å². The Kier molecular flexibility index (Phi) is 3.46.